The Hall–Kier alpha value is -2.62. The third kappa shape index (κ3) is 6.18. The second-order valence-corrected chi connectivity index (χ2v) is 7.91. The second kappa shape index (κ2) is 10.8. The van der Waals surface area contributed by atoms with E-state index in [1.807, 2.05) is 53.1 Å². The molecular formula is C25H32N2O2. The van der Waals surface area contributed by atoms with Crippen molar-refractivity contribution < 1.29 is 9.59 Å². The van der Waals surface area contributed by atoms with Crippen LogP contribution in [0.1, 0.15) is 43.7 Å². The van der Waals surface area contributed by atoms with Gasteiger partial charge < -0.3 is 9.80 Å². The molecule has 1 saturated heterocycles. The maximum atomic E-state index is 13.4. The summed E-state index contributed by atoms with van der Waals surface area (Å²) < 4.78 is 0. The number of hydrogen-bond donors (Lipinski definition) is 0. The highest BCUT2D eigenvalue weighted by Crippen LogP contribution is 2.21. The zero-order valence-corrected chi connectivity index (χ0v) is 17.4. The smallest absolute Gasteiger partial charge is 0.227 e. The number of carbonyl (C=O) groups excluding carboxylic acids is 2. The predicted octanol–water partition coefficient (Wildman–Crippen LogP) is 4.30. The van der Waals surface area contributed by atoms with Gasteiger partial charge in [-0.25, -0.2) is 0 Å². The van der Waals surface area contributed by atoms with Crippen molar-refractivity contribution in [3.8, 4) is 0 Å². The summed E-state index contributed by atoms with van der Waals surface area (Å²) >= 11 is 0. The van der Waals surface area contributed by atoms with Crippen LogP contribution >= 0.6 is 0 Å². The van der Waals surface area contributed by atoms with Gasteiger partial charge in [0.25, 0.3) is 0 Å². The fourth-order valence-electron chi connectivity index (χ4n) is 4.02. The van der Waals surface area contributed by atoms with Crippen LogP contribution in [0, 0.1) is 5.92 Å². The number of nitrogens with zero attached hydrogens (tertiary/aromatic N) is 2. The molecule has 1 heterocycles. The first-order chi connectivity index (χ1) is 14.2. The van der Waals surface area contributed by atoms with Crippen LogP contribution in [0.2, 0.25) is 0 Å². The van der Waals surface area contributed by atoms with E-state index >= 15 is 0 Å². The quantitative estimate of drug-likeness (QED) is 0.672. The van der Waals surface area contributed by atoms with Gasteiger partial charge in [-0.2, -0.15) is 0 Å². The molecule has 0 aliphatic carbocycles. The Morgan fingerprint density at radius 1 is 1.00 bits per heavy atom. The lowest BCUT2D eigenvalue weighted by molar-refractivity contribution is -0.141. The number of piperidine rings is 1. The molecule has 0 radical (unpaired) electrons. The molecular weight excluding hydrogens is 360 g/mol. The molecule has 2 aromatic rings. The molecule has 3 rings (SSSR count). The monoisotopic (exact) mass is 392 g/mol. The number of benzene rings is 2. The van der Waals surface area contributed by atoms with Gasteiger partial charge in [-0.05, 0) is 36.8 Å². The molecule has 4 heteroatoms. The van der Waals surface area contributed by atoms with Crippen LogP contribution in [-0.2, 0) is 22.6 Å². The van der Waals surface area contributed by atoms with Crippen molar-refractivity contribution in [3.05, 3.63) is 71.8 Å². The molecule has 1 aliphatic rings. The molecule has 0 bridgehead atoms. The molecule has 1 fully saturated rings. The Balaban J connectivity index is 1.69. The molecule has 4 nitrogen and oxygen atoms in total. The molecule has 29 heavy (non-hydrogen) atoms. The van der Waals surface area contributed by atoms with E-state index in [0.29, 0.717) is 26.1 Å². The van der Waals surface area contributed by atoms with E-state index in [1.165, 1.54) is 5.56 Å². The predicted molar refractivity (Wildman–Crippen MR) is 116 cm³/mol. The molecule has 1 aliphatic heterocycles. The van der Waals surface area contributed by atoms with Crippen molar-refractivity contribution >= 4 is 11.8 Å². The van der Waals surface area contributed by atoms with Gasteiger partial charge in [-0.1, -0.05) is 67.6 Å². The van der Waals surface area contributed by atoms with Crippen molar-refractivity contribution in [1.29, 1.82) is 0 Å². The molecule has 0 spiro atoms. The Bertz CT molecular complexity index is 776. The van der Waals surface area contributed by atoms with E-state index in [4.69, 9.17) is 0 Å². The normalized spacial score (nSPS) is 16.4. The van der Waals surface area contributed by atoms with Gasteiger partial charge in [0.05, 0.1) is 5.92 Å². The van der Waals surface area contributed by atoms with Crippen LogP contribution in [0.15, 0.2) is 60.7 Å². The summed E-state index contributed by atoms with van der Waals surface area (Å²) in [6, 6.07) is 20.5. The fraction of sp³-hybridized carbons (Fsp3) is 0.440. The van der Waals surface area contributed by atoms with Crippen molar-refractivity contribution in [1.82, 2.24) is 9.80 Å². The van der Waals surface area contributed by atoms with Crippen molar-refractivity contribution in [2.45, 2.75) is 45.6 Å². The lowest BCUT2D eigenvalue weighted by atomic mass is 9.95. The third-order valence-electron chi connectivity index (χ3n) is 5.63. The molecule has 1 unspecified atom stereocenters. The Kier molecular flexibility index (Phi) is 7.85. The first-order valence-electron chi connectivity index (χ1n) is 10.8. The summed E-state index contributed by atoms with van der Waals surface area (Å²) in [7, 11) is 0. The summed E-state index contributed by atoms with van der Waals surface area (Å²) in [4.78, 5) is 29.7. The minimum Gasteiger partial charge on any atom is -0.342 e. The highest BCUT2D eigenvalue weighted by Gasteiger charge is 2.31. The van der Waals surface area contributed by atoms with Crippen LogP contribution in [0.25, 0.3) is 0 Å². The number of hydrogen-bond acceptors (Lipinski definition) is 2. The van der Waals surface area contributed by atoms with E-state index in [-0.39, 0.29) is 17.7 Å². The minimum absolute atomic E-state index is 0.0935. The lowest BCUT2D eigenvalue weighted by Crippen LogP contribution is -2.47. The number of rotatable bonds is 8. The Morgan fingerprint density at radius 3 is 2.31 bits per heavy atom. The zero-order chi connectivity index (χ0) is 20.5. The second-order valence-electron chi connectivity index (χ2n) is 7.91. The summed E-state index contributed by atoms with van der Waals surface area (Å²) in [6.07, 6.45) is 4.04. The summed E-state index contributed by atoms with van der Waals surface area (Å²) in [5.41, 5.74) is 2.38. The van der Waals surface area contributed by atoms with Crippen LogP contribution in [0.5, 0.6) is 0 Å². The highest BCUT2D eigenvalue weighted by atomic mass is 16.2. The highest BCUT2D eigenvalue weighted by molar-refractivity contribution is 5.81. The molecule has 0 aromatic heterocycles. The van der Waals surface area contributed by atoms with Gasteiger partial charge in [0.1, 0.15) is 0 Å². The largest absolute Gasteiger partial charge is 0.342 e. The molecule has 0 saturated carbocycles. The fourth-order valence-corrected chi connectivity index (χ4v) is 4.02. The van der Waals surface area contributed by atoms with Crippen LogP contribution in [0.4, 0.5) is 0 Å². The summed E-state index contributed by atoms with van der Waals surface area (Å²) in [5, 5.41) is 0. The summed E-state index contributed by atoms with van der Waals surface area (Å²) in [5.74, 6) is 0.270. The molecule has 2 aromatic carbocycles. The van der Waals surface area contributed by atoms with Gasteiger partial charge in [0.2, 0.25) is 11.8 Å². The van der Waals surface area contributed by atoms with Crippen LogP contribution in [0.3, 0.4) is 0 Å². The standard InChI is InChI=1S/C25H32N2O2/c1-2-10-24(28)26-17-9-15-23(20-26)25(29)27(19-22-13-7-4-8-14-22)18-16-21-11-5-3-6-12-21/h3-8,11-14,23H,2,9-10,15-20H2,1H3. The van der Waals surface area contributed by atoms with Crippen molar-refractivity contribution in [3.63, 3.8) is 0 Å². The average molecular weight is 393 g/mol. The van der Waals surface area contributed by atoms with Gasteiger partial charge in [-0.3, -0.25) is 9.59 Å². The lowest BCUT2D eigenvalue weighted by Gasteiger charge is -2.35. The van der Waals surface area contributed by atoms with Gasteiger partial charge in [0.15, 0.2) is 0 Å². The minimum atomic E-state index is -0.0935. The number of carbonyl (C=O) groups is 2. The van der Waals surface area contributed by atoms with E-state index in [9.17, 15) is 9.59 Å². The van der Waals surface area contributed by atoms with Gasteiger partial charge in [-0.15, -0.1) is 0 Å². The van der Waals surface area contributed by atoms with Crippen LogP contribution in [-0.4, -0.2) is 41.2 Å². The maximum Gasteiger partial charge on any atom is 0.227 e. The van der Waals surface area contributed by atoms with E-state index in [0.717, 1.165) is 37.8 Å². The molecule has 0 N–H and O–H groups in total. The van der Waals surface area contributed by atoms with Crippen LogP contribution < -0.4 is 0 Å². The SMILES string of the molecule is CCCC(=O)N1CCCC(C(=O)N(CCc2ccccc2)Cc2ccccc2)C1. The Labute approximate surface area is 174 Å². The van der Waals surface area contributed by atoms with Crippen molar-refractivity contribution in [2.24, 2.45) is 5.92 Å². The maximum absolute atomic E-state index is 13.4. The van der Waals surface area contributed by atoms with E-state index in [2.05, 4.69) is 24.3 Å². The molecule has 1 atom stereocenters. The Morgan fingerprint density at radius 2 is 1.66 bits per heavy atom. The summed E-state index contributed by atoms with van der Waals surface area (Å²) in [6.45, 7) is 4.68. The first kappa shape index (κ1) is 21.1. The molecule has 2 amide bonds. The van der Waals surface area contributed by atoms with E-state index < -0.39 is 0 Å². The molecule has 154 valence electrons. The zero-order valence-electron chi connectivity index (χ0n) is 17.4. The number of amides is 2. The first-order valence-corrected chi connectivity index (χ1v) is 10.8. The topological polar surface area (TPSA) is 40.6 Å². The van der Waals surface area contributed by atoms with Gasteiger partial charge in [0, 0.05) is 32.6 Å². The van der Waals surface area contributed by atoms with Crippen molar-refractivity contribution in [2.75, 3.05) is 19.6 Å². The van der Waals surface area contributed by atoms with E-state index in [1.54, 1.807) is 0 Å². The number of likely N-dealkylation sites (tertiary alicyclic amines) is 1. The third-order valence-corrected chi connectivity index (χ3v) is 5.63. The average Bonchev–Trinajstić information content (AvgIpc) is 2.78. The van der Waals surface area contributed by atoms with Gasteiger partial charge >= 0.3 is 0 Å².